The molecule has 1 atom stereocenters. The van der Waals surface area contributed by atoms with Gasteiger partial charge in [0, 0.05) is 7.11 Å². The van der Waals surface area contributed by atoms with Crippen molar-refractivity contribution in [3.05, 3.63) is 6.92 Å². The zero-order valence-corrected chi connectivity index (χ0v) is 7.16. The lowest BCUT2D eigenvalue weighted by Crippen LogP contribution is -2.15. The van der Waals surface area contributed by atoms with Crippen LogP contribution in [0.15, 0.2) is 0 Å². The van der Waals surface area contributed by atoms with E-state index in [9.17, 15) is 4.57 Å². The summed E-state index contributed by atoms with van der Waals surface area (Å²) in [5, 5.41) is 0. The van der Waals surface area contributed by atoms with Crippen molar-refractivity contribution in [3.63, 3.8) is 0 Å². The minimum Gasteiger partial charge on any atom is -0.382 e. The molecule has 6 heteroatoms. The minimum atomic E-state index is -4.06. The van der Waals surface area contributed by atoms with E-state index in [1.807, 2.05) is 0 Å². The van der Waals surface area contributed by atoms with Gasteiger partial charge in [-0.1, -0.05) is 0 Å². The van der Waals surface area contributed by atoms with E-state index in [2.05, 4.69) is 16.4 Å². The van der Waals surface area contributed by atoms with Crippen LogP contribution in [0.4, 0.5) is 0 Å². The Morgan fingerprint density at radius 2 is 2.18 bits per heavy atom. The van der Waals surface area contributed by atoms with Crippen LogP contribution in [0, 0.1) is 6.92 Å². The molecular weight excluding hydrogens is 171 g/mol. The zero-order valence-electron chi connectivity index (χ0n) is 6.27. The van der Waals surface area contributed by atoms with Crippen LogP contribution < -0.4 is 0 Å². The van der Waals surface area contributed by atoms with Gasteiger partial charge >= 0.3 is 7.60 Å². The van der Waals surface area contributed by atoms with Gasteiger partial charge in [0.25, 0.3) is 0 Å². The molecule has 0 spiro atoms. The highest BCUT2D eigenvalue weighted by atomic mass is 31.2. The SMILES string of the molecule is [CH2][C@@H](COC)OCP(=O)(O)O. The topological polar surface area (TPSA) is 76.0 Å². The summed E-state index contributed by atoms with van der Waals surface area (Å²) in [7, 11) is -2.60. The van der Waals surface area contributed by atoms with Gasteiger partial charge in [-0.3, -0.25) is 4.57 Å². The van der Waals surface area contributed by atoms with Gasteiger partial charge in [0.15, 0.2) is 0 Å². The summed E-state index contributed by atoms with van der Waals surface area (Å²) >= 11 is 0. The lowest BCUT2D eigenvalue weighted by Gasteiger charge is -2.11. The molecule has 0 aromatic carbocycles. The van der Waals surface area contributed by atoms with Crippen LogP contribution in [0.5, 0.6) is 0 Å². The maximum Gasteiger partial charge on any atom is 0.350 e. The predicted octanol–water partition coefficient (Wildman–Crippen LogP) is -0.0127. The molecule has 0 saturated carbocycles. The molecule has 0 fully saturated rings. The van der Waals surface area contributed by atoms with Crippen molar-refractivity contribution in [1.82, 2.24) is 0 Å². The van der Waals surface area contributed by atoms with Crippen molar-refractivity contribution in [2.24, 2.45) is 0 Å². The molecule has 2 N–H and O–H groups in total. The molecule has 11 heavy (non-hydrogen) atoms. The molecule has 0 rings (SSSR count). The first kappa shape index (κ1) is 11.1. The summed E-state index contributed by atoms with van der Waals surface area (Å²) in [6.07, 6.45) is -1.14. The van der Waals surface area contributed by atoms with Crippen LogP contribution in [0.25, 0.3) is 0 Å². The first-order chi connectivity index (χ1) is 4.95. The molecule has 5 nitrogen and oxygen atoms in total. The quantitative estimate of drug-likeness (QED) is 0.586. The first-order valence-electron chi connectivity index (χ1n) is 2.94. The molecule has 0 aromatic rings. The second kappa shape index (κ2) is 4.85. The van der Waals surface area contributed by atoms with Gasteiger partial charge in [0.1, 0.15) is 6.35 Å². The van der Waals surface area contributed by atoms with E-state index in [1.54, 1.807) is 0 Å². The molecule has 0 unspecified atom stereocenters. The van der Waals surface area contributed by atoms with Crippen molar-refractivity contribution in [1.29, 1.82) is 0 Å². The van der Waals surface area contributed by atoms with Crippen LogP contribution in [-0.4, -0.2) is 36.0 Å². The summed E-state index contributed by atoms with van der Waals surface area (Å²) in [4.78, 5) is 16.7. The van der Waals surface area contributed by atoms with Crippen LogP contribution in [0.2, 0.25) is 0 Å². The van der Waals surface area contributed by atoms with Crippen LogP contribution in [0.1, 0.15) is 0 Å². The second-order valence-electron chi connectivity index (χ2n) is 2.04. The monoisotopic (exact) mass is 183 g/mol. The highest BCUT2D eigenvalue weighted by Crippen LogP contribution is 2.34. The molecule has 0 aliphatic carbocycles. The summed E-state index contributed by atoms with van der Waals surface area (Å²) in [6.45, 7) is 3.66. The highest BCUT2D eigenvalue weighted by molar-refractivity contribution is 7.51. The van der Waals surface area contributed by atoms with Gasteiger partial charge in [-0.15, -0.1) is 0 Å². The van der Waals surface area contributed by atoms with Gasteiger partial charge in [-0.05, 0) is 6.92 Å². The van der Waals surface area contributed by atoms with E-state index in [4.69, 9.17) is 9.79 Å². The normalized spacial score (nSPS) is 14.9. The van der Waals surface area contributed by atoms with E-state index in [0.29, 0.717) is 0 Å². The Morgan fingerprint density at radius 3 is 2.55 bits per heavy atom. The Hall–Kier alpha value is 0.0700. The average molecular weight is 183 g/mol. The molecule has 0 aromatic heterocycles. The fraction of sp³-hybridized carbons (Fsp3) is 0.800. The first-order valence-corrected chi connectivity index (χ1v) is 4.73. The molecule has 0 bridgehead atoms. The molecule has 0 heterocycles. The van der Waals surface area contributed by atoms with Crippen molar-refractivity contribution in [3.8, 4) is 0 Å². The van der Waals surface area contributed by atoms with Gasteiger partial charge in [-0.2, -0.15) is 0 Å². The molecule has 0 aliphatic rings. The highest BCUT2D eigenvalue weighted by Gasteiger charge is 2.14. The lowest BCUT2D eigenvalue weighted by molar-refractivity contribution is 0.0393. The molecule has 0 amide bonds. The van der Waals surface area contributed by atoms with Gasteiger partial charge in [0.2, 0.25) is 0 Å². The van der Waals surface area contributed by atoms with E-state index in [-0.39, 0.29) is 6.61 Å². The Bertz CT molecular complexity index is 142. The van der Waals surface area contributed by atoms with Crippen LogP contribution in [0.3, 0.4) is 0 Å². The van der Waals surface area contributed by atoms with Crippen molar-refractivity contribution < 1.29 is 23.8 Å². The summed E-state index contributed by atoms with van der Waals surface area (Å²) < 4.78 is 19.5. The predicted molar refractivity (Wildman–Crippen MR) is 39.0 cm³/mol. The maximum atomic E-state index is 10.2. The van der Waals surface area contributed by atoms with Crippen LogP contribution in [-0.2, 0) is 14.0 Å². The van der Waals surface area contributed by atoms with Gasteiger partial charge in [0.05, 0.1) is 12.7 Å². The van der Waals surface area contributed by atoms with Gasteiger partial charge < -0.3 is 19.3 Å². The van der Waals surface area contributed by atoms with Crippen molar-refractivity contribution in [2.75, 3.05) is 20.1 Å². The Labute approximate surface area is 65.5 Å². The molecule has 67 valence electrons. The summed E-state index contributed by atoms with van der Waals surface area (Å²) in [5.41, 5.74) is 0. The van der Waals surface area contributed by atoms with E-state index < -0.39 is 20.0 Å². The maximum absolute atomic E-state index is 10.2. The zero-order chi connectivity index (χ0) is 8.91. The summed E-state index contributed by atoms with van der Waals surface area (Å²) in [5.74, 6) is 0. The molecule has 0 saturated heterocycles. The smallest absolute Gasteiger partial charge is 0.350 e. The number of rotatable bonds is 5. The number of hydrogen-bond acceptors (Lipinski definition) is 3. The fourth-order valence-electron chi connectivity index (χ4n) is 0.437. The largest absolute Gasteiger partial charge is 0.382 e. The molecule has 0 aliphatic heterocycles. The molecule has 1 radical (unpaired) electrons. The summed E-state index contributed by atoms with van der Waals surface area (Å²) in [6, 6.07) is 0. The van der Waals surface area contributed by atoms with Crippen molar-refractivity contribution >= 4 is 7.60 Å². The average Bonchev–Trinajstić information content (AvgIpc) is 1.83. The number of hydrogen-bond donors (Lipinski definition) is 2. The fourth-order valence-corrected chi connectivity index (χ4v) is 0.842. The standard InChI is InChI=1S/C5H12O5P/c1-5(3-9-2)10-4-11(6,7)8/h5H,1,3-4H2,2H3,(H2,6,7,8)/t5-/m0/s1. The third-order valence-corrected chi connectivity index (χ3v) is 1.32. The second-order valence-corrected chi connectivity index (χ2v) is 3.63. The van der Waals surface area contributed by atoms with Crippen LogP contribution >= 0.6 is 7.60 Å². The number of ether oxygens (including phenoxy) is 2. The van der Waals surface area contributed by atoms with Crippen molar-refractivity contribution in [2.45, 2.75) is 6.10 Å². The third-order valence-electron chi connectivity index (χ3n) is 0.831. The Kier molecular flexibility index (Phi) is 4.88. The van der Waals surface area contributed by atoms with E-state index in [1.165, 1.54) is 7.11 Å². The Balaban J connectivity index is 3.46. The number of methoxy groups -OCH3 is 1. The van der Waals surface area contributed by atoms with E-state index >= 15 is 0 Å². The van der Waals surface area contributed by atoms with Gasteiger partial charge in [-0.25, -0.2) is 0 Å². The van der Waals surface area contributed by atoms with E-state index in [0.717, 1.165) is 0 Å². The minimum absolute atomic E-state index is 0.222. The third kappa shape index (κ3) is 7.97. The lowest BCUT2D eigenvalue weighted by atomic mass is 10.4. The molecular formula is C5H12O5P. The Morgan fingerprint density at radius 1 is 1.64 bits per heavy atom.